The Morgan fingerprint density at radius 2 is 2.00 bits per heavy atom. The van der Waals surface area contributed by atoms with Crippen LogP contribution in [0.4, 0.5) is 0 Å². The topological polar surface area (TPSA) is 53.8 Å². The summed E-state index contributed by atoms with van der Waals surface area (Å²) in [6.07, 6.45) is 3.36. The fourth-order valence-electron chi connectivity index (χ4n) is 2.39. The molecule has 0 atom stereocenters. The number of fused-ring (bicyclic) bond motifs is 1. The monoisotopic (exact) mass is 245 g/mol. The fourth-order valence-corrected chi connectivity index (χ4v) is 2.39. The zero-order valence-corrected chi connectivity index (χ0v) is 11.1. The van der Waals surface area contributed by atoms with E-state index in [9.17, 15) is 0 Å². The van der Waals surface area contributed by atoms with E-state index in [1.54, 1.807) is 0 Å². The van der Waals surface area contributed by atoms with Gasteiger partial charge in [0.15, 0.2) is 0 Å². The van der Waals surface area contributed by atoms with Crippen molar-refractivity contribution in [2.75, 3.05) is 19.6 Å². The van der Waals surface area contributed by atoms with Gasteiger partial charge in [0.05, 0.1) is 0 Å². The van der Waals surface area contributed by atoms with Crippen molar-refractivity contribution < 1.29 is 0 Å². The van der Waals surface area contributed by atoms with Crippen LogP contribution in [0, 0.1) is 6.92 Å². The quantitative estimate of drug-likeness (QED) is 0.656. The molecular weight excluding hydrogens is 222 g/mol. The first-order valence-electron chi connectivity index (χ1n) is 6.80. The summed E-state index contributed by atoms with van der Waals surface area (Å²) < 4.78 is 0. The zero-order chi connectivity index (χ0) is 12.8. The van der Waals surface area contributed by atoms with Crippen molar-refractivity contribution in [3.05, 3.63) is 35.5 Å². The average molecular weight is 245 g/mol. The van der Waals surface area contributed by atoms with Gasteiger partial charge in [0.25, 0.3) is 0 Å². The molecule has 18 heavy (non-hydrogen) atoms. The van der Waals surface area contributed by atoms with Crippen LogP contribution in [0.2, 0.25) is 0 Å². The van der Waals surface area contributed by atoms with E-state index < -0.39 is 0 Å². The van der Waals surface area contributed by atoms with Crippen molar-refractivity contribution in [3.63, 3.8) is 0 Å². The van der Waals surface area contributed by atoms with Crippen LogP contribution >= 0.6 is 0 Å². The third-order valence-electron chi connectivity index (χ3n) is 3.39. The fraction of sp³-hybridized carbons (Fsp3) is 0.467. The van der Waals surface area contributed by atoms with Crippen molar-refractivity contribution >= 4 is 10.9 Å². The van der Waals surface area contributed by atoms with Crippen LogP contribution in [0.1, 0.15) is 24.1 Å². The molecule has 0 spiro atoms. The molecule has 98 valence electrons. The van der Waals surface area contributed by atoms with Gasteiger partial charge in [-0.3, -0.25) is 0 Å². The maximum atomic E-state index is 5.47. The van der Waals surface area contributed by atoms with Gasteiger partial charge in [-0.15, -0.1) is 0 Å². The first kappa shape index (κ1) is 13.1. The number of aromatic amines is 1. The third-order valence-corrected chi connectivity index (χ3v) is 3.39. The van der Waals surface area contributed by atoms with Crippen molar-refractivity contribution in [1.29, 1.82) is 0 Å². The van der Waals surface area contributed by atoms with Gasteiger partial charge in [0.1, 0.15) is 0 Å². The van der Waals surface area contributed by atoms with Gasteiger partial charge in [0.2, 0.25) is 0 Å². The van der Waals surface area contributed by atoms with Gasteiger partial charge in [-0.1, -0.05) is 18.2 Å². The number of para-hydroxylation sites is 1. The lowest BCUT2D eigenvalue weighted by molar-refractivity contribution is 0.627. The van der Waals surface area contributed by atoms with Crippen molar-refractivity contribution in [2.24, 2.45) is 5.73 Å². The van der Waals surface area contributed by atoms with E-state index in [4.69, 9.17) is 5.73 Å². The Balaban J connectivity index is 1.89. The molecule has 3 heteroatoms. The first-order chi connectivity index (χ1) is 8.83. The number of hydrogen-bond acceptors (Lipinski definition) is 2. The molecule has 0 radical (unpaired) electrons. The molecule has 3 nitrogen and oxygen atoms in total. The summed E-state index contributed by atoms with van der Waals surface area (Å²) in [7, 11) is 0. The standard InChI is InChI=1S/C15H23N3/c1-12-13(8-11-17-10-5-4-9-16)14-6-2-3-7-15(14)18-12/h2-3,6-7,17-18H,4-5,8-11,16H2,1H3. The molecule has 2 rings (SSSR count). The Morgan fingerprint density at radius 1 is 1.17 bits per heavy atom. The first-order valence-corrected chi connectivity index (χ1v) is 6.80. The summed E-state index contributed by atoms with van der Waals surface area (Å²) in [6, 6.07) is 8.52. The Kier molecular flexibility index (Phi) is 4.79. The molecule has 0 fully saturated rings. The lowest BCUT2D eigenvalue weighted by Crippen LogP contribution is -2.19. The van der Waals surface area contributed by atoms with E-state index in [0.29, 0.717) is 0 Å². The normalized spacial score (nSPS) is 11.2. The molecule has 0 bridgehead atoms. The number of aryl methyl sites for hydroxylation is 1. The highest BCUT2D eigenvalue weighted by molar-refractivity contribution is 5.84. The van der Waals surface area contributed by atoms with Gasteiger partial charge in [-0.25, -0.2) is 0 Å². The molecule has 0 unspecified atom stereocenters. The number of nitrogens with two attached hydrogens (primary N) is 1. The second-order valence-corrected chi connectivity index (χ2v) is 4.77. The molecule has 0 saturated carbocycles. The smallest absolute Gasteiger partial charge is 0.0458 e. The lowest BCUT2D eigenvalue weighted by atomic mass is 10.1. The Hall–Kier alpha value is -1.32. The largest absolute Gasteiger partial charge is 0.358 e. The predicted octanol–water partition coefficient (Wildman–Crippen LogP) is 2.35. The summed E-state index contributed by atoms with van der Waals surface area (Å²) in [6.45, 7) is 5.05. The van der Waals surface area contributed by atoms with Crippen LogP contribution in [0.25, 0.3) is 10.9 Å². The number of benzene rings is 1. The minimum Gasteiger partial charge on any atom is -0.358 e. The molecule has 0 amide bonds. The summed E-state index contributed by atoms with van der Waals surface area (Å²) >= 11 is 0. The summed E-state index contributed by atoms with van der Waals surface area (Å²) in [4.78, 5) is 3.44. The molecule has 0 aliphatic rings. The van der Waals surface area contributed by atoms with E-state index in [-0.39, 0.29) is 0 Å². The number of nitrogens with one attached hydrogen (secondary N) is 2. The minimum absolute atomic E-state index is 0.795. The Labute approximate surface area is 109 Å². The number of aromatic nitrogens is 1. The molecule has 2 aromatic rings. The van der Waals surface area contributed by atoms with Gasteiger partial charge < -0.3 is 16.0 Å². The third kappa shape index (κ3) is 3.12. The maximum Gasteiger partial charge on any atom is 0.0458 e. The van der Waals surface area contributed by atoms with E-state index in [1.807, 2.05) is 0 Å². The second kappa shape index (κ2) is 6.57. The van der Waals surface area contributed by atoms with Crippen LogP contribution < -0.4 is 11.1 Å². The molecule has 1 aromatic heterocycles. The van der Waals surface area contributed by atoms with Crippen LogP contribution in [0.15, 0.2) is 24.3 Å². The molecular formula is C15H23N3. The summed E-state index contributed by atoms with van der Waals surface area (Å²) in [5, 5.41) is 4.84. The van der Waals surface area contributed by atoms with Crippen molar-refractivity contribution in [3.8, 4) is 0 Å². The molecule has 0 aliphatic carbocycles. The minimum atomic E-state index is 0.795. The average Bonchev–Trinajstić information content (AvgIpc) is 2.70. The lowest BCUT2D eigenvalue weighted by Gasteiger charge is -2.04. The van der Waals surface area contributed by atoms with Gasteiger partial charge >= 0.3 is 0 Å². The van der Waals surface area contributed by atoms with Crippen molar-refractivity contribution in [1.82, 2.24) is 10.3 Å². The number of hydrogen-bond donors (Lipinski definition) is 3. The van der Waals surface area contributed by atoms with Gasteiger partial charge in [-0.2, -0.15) is 0 Å². The molecule has 0 saturated heterocycles. The van der Waals surface area contributed by atoms with E-state index >= 15 is 0 Å². The van der Waals surface area contributed by atoms with Gasteiger partial charge in [0, 0.05) is 16.6 Å². The van der Waals surface area contributed by atoms with Gasteiger partial charge in [-0.05, 0) is 57.5 Å². The van der Waals surface area contributed by atoms with E-state index in [1.165, 1.54) is 28.6 Å². The number of H-pyrrole nitrogens is 1. The highest BCUT2D eigenvalue weighted by atomic mass is 14.8. The van der Waals surface area contributed by atoms with E-state index in [0.717, 1.165) is 32.5 Å². The Bertz CT molecular complexity index is 487. The summed E-state index contributed by atoms with van der Waals surface area (Å²) in [5.74, 6) is 0. The Morgan fingerprint density at radius 3 is 2.83 bits per heavy atom. The maximum absolute atomic E-state index is 5.47. The van der Waals surface area contributed by atoms with Crippen LogP contribution in [0.3, 0.4) is 0 Å². The van der Waals surface area contributed by atoms with Crippen LogP contribution in [0.5, 0.6) is 0 Å². The van der Waals surface area contributed by atoms with E-state index in [2.05, 4.69) is 41.5 Å². The second-order valence-electron chi connectivity index (χ2n) is 4.77. The highest BCUT2D eigenvalue weighted by Gasteiger charge is 2.06. The van der Waals surface area contributed by atoms with Crippen LogP contribution in [-0.4, -0.2) is 24.6 Å². The predicted molar refractivity (Wildman–Crippen MR) is 77.9 cm³/mol. The highest BCUT2D eigenvalue weighted by Crippen LogP contribution is 2.21. The summed E-state index contributed by atoms with van der Waals surface area (Å²) in [5.41, 5.74) is 9.45. The molecule has 1 heterocycles. The molecule has 1 aromatic carbocycles. The van der Waals surface area contributed by atoms with Crippen molar-refractivity contribution in [2.45, 2.75) is 26.2 Å². The number of unbranched alkanes of at least 4 members (excludes halogenated alkanes) is 1. The SMILES string of the molecule is Cc1[nH]c2ccccc2c1CCNCCCCN. The molecule has 4 N–H and O–H groups in total. The number of rotatable bonds is 7. The molecule has 0 aliphatic heterocycles. The zero-order valence-electron chi connectivity index (χ0n) is 11.1. The van der Waals surface area contributed by atoms with Crippen LogP contribution in [-0.2, 0) is 6.42 Å².